The Kier molecular flexibility index (Phi) is 13.9. The maximum atomic E-state index is 12.8. The number of likely N-dealkylation sites (N-methyl/N-ethyl adjacent to an activating group) is 1. The molecule has 1 aromatic heterocycles. The van der Waals surface area contributed by atoms with Crippen LogP contribution in [0.3, 0.4) is 0 Å². The summed E-state index contributed by atoms with van der Waals surface area (Å²) in [6.45, 7) is 5.47. The third kappa shape index (κ3) is 13.1. The lowest BCUT2D eigenvalue weighted by Crippen LogP contribution is -2.53. The van der Waals surface area contributed by atoms with Gasteiger partial charge in [0, 0.05) is 39.0 Å². The van der Waals surface area contributed by atoms with Crippen LogP contribution in [0.1, 0.15) is 51.5 Å². The minimum atomic E-state index is -0.732. The molecule has 0 fully saturated rings. The predicted octanol–water partition coefficient (Wildman–Crippen LogP) is -0.479. The lowest BCUT2D eigenvalue weighted by molar-refractivity contribution is -0.132. The molecule has 1 aromatic rings. The smallest absolute Gasteiger partial charge is 0.243 e. The van der Waals surface area contributed by atoms with Gasteiger partial charge in [0.15, 0.2) is 5.96 Å². The molecule has 1 rings (SSSR count). The number of unbranched alkanes of at least 4 members (excludes halogenated alkanes) is 1. The highest BCUT2D eigenvalue weighted by molar-refractivity contribution is 5.91. The first kappa shape index (κ1) is 27.8. The molecule has 0 saturated carbocycles. The zero-order chi connectivity index (χ0) is 24.5. The highest BCUT2D eigenvalue weighted by Gasteiger charge is 2.25. The van der Waals surface area contributed by atoms with Crippen molar-refractivity contribution >= 4 is 23.7 Å². The van der Waals surface area contributed by atoms with Crippen LogP contribution in [0.2, 0.25) is 0 Å². The fourth-order valence-electron chi connectivity index (χ4n) is 3.19. The van der Waals surface area contributed by atoms with Crippen molar-refractivity contribution in [2.45, 2.75) is 64.6 Å². The van der Waals surface area contributed by atoms with E-state index in [2.05, 4.69) is 31.2 Å². The monoisotopic (exact) mass is 462 g/mol. The fourth-order valence-corrected chi connectivity index (χ4v) is 3.19. The Hall–Kier alpha value is -3.21. The summed E-state index contributed by atoms with van der Waals surface area (Å²) in [5, 5.41) is 11.5. The number of hydrogen-bond acceptors (Lipinski definition) is 6. The lowest BCUT2D eigenvalue weighted by atomic mass is 10.1. The number of nitrogens with one attached hydrogen (secondary N) is 4. The van der Waals surface area contributed by atoms with Gasteiger partial charge >= 0.3 is 0 Å². The van der Waals surface area contributed by atoms with Crippen molar-refractivity contribution in [2.24, 2.45) is 16.5 Å². The van der Waals surface area contributed by atoms with Crippen molar-refractivity contribution < 1.29 is 14.4 Å². The Balaban J connectivity index is 2.54. The van der Waals surface area contributed by atoms with Gasteiger partial charge in [0.2, 0.25) is 17.7 Å². The Morgan fingerprint density at radius 3 is 2.42 bits per heavy atom. The summed E-state index contributed by atoms with van der Waals surface area (Å²) in [4.78, 5) is 44.8. The van der Waals surface area contributed by atoms with E-state index in [0.717, 1.165) is 31.5 Å². The summed E-state index contributed by atoms with van der Waals surface area (Å²) in [6.07, 6.45) is 6.48. The molecule has 0 saturated heterocycles. The van der Waals surface area contributed by atoms with E-state index in [0.29, 0.717) is 32.4 Å². The molecule has 0 bridgehead atoms. The van der Waals surface area contributed by atoms with Crippen molar-refractivity contribution in [3.63, 3.8) is 0 Å². The summed E-state index contributed by atoms with van der Waals surface area (Å²) in [5.74, 6) is -0.982. The van der Waals surface area contributed by atoms with Crippen LogP contribution in [0.4, 0.5) is 0 Å². The number of aliphatic imine (C=N–C) groups is 1. The van der Waals surface area contributed by atoms with Crippen molar-refractivity contribution in [2.75, 3.05) is 19.6 Å². The van der Waals surface area contributed by atoms with Gasteiger partial charge in [-0.1, -0.05) is 6.07 Å². The average molecular weight is 463 g/mol. The number of carbonyl (C=O) groups is 3. The largest absolute Gasteiger partial charge is 0.370 e. The summed E-state index contributed by atoms with van der Waals surface area (Å²) >= 11 is 0. The lowest BCUT2D eigenvalue weighted by Gasteiger charge is -2.22. The van der Waals surface area contributed by atoms with Gasteiger partial charge in [-0.05, 0) is 57.2 Å². The highest BCUT2D eigenvalue weighted by atomic mass is 16.2. The molecule has 11 nitrogen and oxygen atoms in total. The van der Waals surface area contributed by atoms with Crippen LogP contribution in [0.25, 0.3) is 0 Å². The molecule has 0 radical (unpaired) electrons. The van der Waals surface area contributed by atoms with E-state index in [4.69, 9.17) is 11.5 Å². The number of hydrogen-bond donors (Lipinski definition) is 6. The normalized spacial score (nSPS) is 12.3. The molecule has 1 heterocycles. The molecule has 11 heteroatoms. The molecule has 8 N–H and O–H groups in total. The van der Waals surface area contributed by atoms with E-state index in [1.807, 2.05) is 18.3 Å². The third-order valence-corrected chi connectivity index (χ3v) is 4.77. The summed E-state index contributed by atoms with van der Waals surface area (Å²) in [5.41, 5.74) is 11.7. The van der Waals surface area contributed by atoms with Crippen molar-refractivity contribution in [3.05, 3.63) is 30.1 Å². The van der Waals surface area contributed by atoms with Crippen LogP contribution >= 0.6 is 0 Å². The first-order chi connectivity index (χ1) is 15.8. The summed E-state index contributed by atoms with van der Waals surface area (Å²) < 4.78 is 0. The zero-order valence-corrected chi connectivity index (χ0v) is 19.6. The van der Waals surface area contributed by atoms with Crippen LogP contribution in [-0.2, 0) is 20.9 Å². The van der Waals surface area contributed by atoms with Gasteiger partial charge in [0.1, 0.15) is 12.1 Å². The van der Waals surface area contributed by atoms with E-state index in [1.54, 1.807) is 13.1 Å². The maximum Gasteiger partial charge on any atom is 0.243 e. The number of rotatable bonds is 16. The maximum absolute atomic E-state index is 12.8. The number of aromatic nitrogens is 1. The highest BCUT2D eigenvalue weighted by Crippen LogP contribution is 2.05. The van der Waals surface area contributed by atoms with Crippen LogP contribution in [-0.4, -0.2) is 60.4 Å². The summed E-state index contributed by atoms with van der Waals surface area (Å²) in [7, 11) is 0. The average Bonchev–Trinajstić information content (AvgIpc) is 2.77. The van der Waals surface area contributed by atoms with Gasteiger partial charge in [-0.2, -0.15) is 0 Å². The molecular weight excluding hydrogens is 424 g/mol. The molecule has 184 valence electrons. The molecule has 0 aliphatic carbocycles. The molecule has 0 spiro atoms. The zero-order valence-electron chi connectivity index (χ0n) is 19.6. The number of amides is 3. The molecule has 33 heavy (non-hydrogen) atoms. The Labute approximate surface area is 195 Å². The standard InChI is InChI=1S/C22H38N8O3/c1-3-27-20(32)18(10-7-13-28-22(23)24)30-21(33)19(29-16(2)31)9-4-5-11-25-14-17-8-6-12-26-15-17/h6,8,12,15,18-19,25H,3-5,7,9-11,13-14H2,1-2H3,(H,27,32)(H,29,31)(H,30,33)(H4,23,24,28)/t18-,19-/m0/s1. The van der Waals surface area contributed by atoms with E-state index < -0.39 is 12.1 Å². The SMILES string of the molecule is CCNC(=O)[C@H](CCCN=C(N)N)NC(=O)[C@H](CCCCNCc1cccnc1)NC(C)=O. The Morgan fingerprint density at radius 2 is 1.79 bits per heavy atom. The minimum absolute atomic E-state index is 0.0192. The van der Waals surface area contributed by atoms with Crippen LogP contribution in [0, 0.1) is 0 Å². The van der Waals surface area contributed by atoms with E-state index in [-0.39, 0.29) is 23.7 Å². The second-order valence-corrected chi connectivity index (χ2v) is 7.69. The van der Waals surface area contributed by atoms with E-state index >= 15 is 0 Å². The van der Waals surface area contributed by atoms with Gasteiger partial charge in [0.05, 0.1) is 0 Å². The molecule has 0 aliphatic heterocycles. The van der Waals surface area contributed by atoms with Gasteiger partial charge in [-0.25, -0.2) is 0 Å². The molecule has 0 aromatic carbocycles. The summed E-state index contributed by atoms with van der Waals surface area (Å²) in [6, 6.07) is 2.45. The first-order valence-corrected chi connectivity index (χ1v) is 11.3. The van der Waals surface area contributed by atoms with Gasteiger partial charge < -0.3 is 32.7 Å². The van der Waals surface area contributed by atoms with Crippen molar-refractivity contribution in [3.8, 4) is 0 Å². The number of nitrogens with two attached hydrogens (primary N) is 2. The van der Waals surface area contributed by atoms with Crippen molar-refractivity contribution in [1.29, 1.82) is 0 Å². The van der Waals surface area contributed by atoms with Crippen LogP contribution in [0.5, 0.6) is 0 Å². The van der Waals surface area contributed by atoms with Gasteiger partial charge in [0.25, 0.3) is 0 Å². The number of guanidine groups is 1. The second kappa shape index (κ2) is 16.4. The number of nitrogens with zero attached hydrogens (tertiary/aromatic N) is 2. The van der Waals surface area contributed by atoms with E-state index in [1.165, 1.54) is 6.92 Å². The fraction of sp³-hybridized carbons (Fsp3) is 0.591. The third-order valence-electron chi connectivity index (χ3n) is 4.77. The van der Waals surface area contributed by atoms with E-state index in [9.17, 15) is 14.4 Å². The number of pyridine rings is 1. The molecule has 0 aliphatic rings. The molecule has 3 amide bonds. The first-order valence-electron chi connectivity index (χ1n) is 11.3. The molecule has 0 unspecified atom stereocenters. The predicted molar refractivity (Wildman–Crippen MR) is 128 cm³/mol. The van der Waals surface area contributed by atoms with Crippen LogP contribution in [0.15, 0.2) is 29.5 Å². The molecule has 2 atom stereocenters. The number of carbonyl (C=O) groups excluding carboxylic acids is 3. The molecular formula is C22H38N8O3. The van der Waals surface area contributed by atoms with Gasteiger partial charge in [-0.15, -0.1) is 0 Å². The Bertz CT molecular complexity index is 753. The van der Waals surface area contributed by atoms with Gasteiger partial charge in [-0.3, -0.25) is 24.4 Å². The Morgan fingerprint density at radius 1 is 1.06 bits per heavy atom. The quantitative estimate of drug-likeness (QED) is 0.109. The minimum Gasteiger partial charge on any atom is -0.370 e. The second-order valence-electron chi connectivity index (χ2n) is 7.69. The topological polar surface area (TPSA) is 177 Å². The van der Waals surface area contributed by atoms with Crippen LogP contribution < -0.4 is 32.7 Å². The van der Waals surface area contributed by atoms with Crippen molar-refractivity contribution in [1.82, 2.24) is 26.3 Å².